The average molecular weight is 270 g/mol. The molecule has 0 bridgehead atoms. The maximum atomic E-state index is 13.3. The molecule has 0 aliphatic rings. The first-order valence-electron chi connectivity index (χ1n) is 5.46. The van der Waals surface area contributed by atoms with Crippen LogP contribution in [0.5, 0.6) is 5.75 Å². The smallest absolute Gasteiger partial charge is 0.416 e. The molecule has 0 amide bonds. The van der Waals surface area contributed by atoms with Gasteiger partial charge in [0.1, 0.15) is 0 Å². The Morgan fingerprint density at radius 2 is 1.58 bits per heavy atom. The standard InChI is InChI=1S/C14H10F4O/c1-8-6-13(19)12(15)7-11(8)9-2-4-10(5-3-9)14(16,17)18/h2-7,19H,1H3. The molecule has 2 rings (SSSR count). The van der Waals surface area contributed by atoms with Crippen molar-refractivity contribution in [3.05, 3.63) is 53.3 Å². The third-order valence-corrected chi connectivity index (χ3v) is 2.82. The van der Waals surface area contributed by atoms with Gasteiger partial charge in [0, 0.05) is 0 Å². The molecule has 1 nitrogen and oxygen atoms in total. The number of alkyl halides is 3. The Morgan fingerprint density at radius 3 is 2.11 bits per heavy atom. The van der Waals surface area contributed by atoms with E-state index in [1.54, 1.807) is 6.92 Å². The molecule has 19 heavy (non-hydrogen) atoms. The molecule has 5 heteroatoms. The molecule has 0 radical (unpaired) electrons. The van der Waals surface area contributed by atoms with Gasteiger partial charge < -0.3 is 5.11 Å². The molecular formula is C14H10F4O. The van der Waals surface area contributed by atoms with E-state index in [1.807, 2.05) is 0 Å². The van der Waals surface area contributed by atoms with Crippen molar-refractivity contribution in [3.63, 3.8) is 0 Å². The van der Waals surface area contributed by atoms with Crippen molar-refractivity contribution >= 4 is 0 Å². The average Bonchev–Trinajstić information content (AvgIpc) is 2.33. The summed E-state index contributed by atoms with van der Waals surface area (Å²) in [4.78, 5) is 0. The third-order valence-electron chi connectivity index (χ3n) is 2.82. The molecule has 0 unspecified atom stereocenters. The van der Waals surface area contributed by atoms with Gasteiger partial charge in [0.2, 0.25) is 0 Å². The first-order chi connectivity index (χ1) is 8.79. The van der Waals surface area contributed by atoms with Crippen molar-refractivity contribution in [1.29, 1.82) is 0 Å². The molecule has 1 N–H and O–H groups in total. The number of phenolic OH excluding ortho intramolecular Hbond substituents is 1. The zero-order valence-electron chi connectivity index (χ0n) is 9.92. The quantitative estimate of drug-likeness (QED) is 0.755. The van der Waals surface area contributed by atoms with E-state index in [0.29, 0.717) is 16.7 Å². The van der Waals surface area contributed by atoms with Crippen LogP contribution < -0.4 is 0 Å². The van der Waals surface area contributed by atoms with Crippen molar-refractivity contribution in [2.75, 3.05) is 0 Å². The lowest BCUT2D eigenvalue weighted by molar-refractivity contribution is -0.137. The maximum absolute atomic E-state index is 13.3. The summed E-state index contributed by atoms with van der Waals surface area (Å²) in [6, 6.07) is 6.79. The summed E-state index contributed by atoms with van der Waals surface area (Å²) in [5.41, 5.74) is 0.736. The molecule has 0 aromatic heterocycles. The van der Waals surface area contributed by atoms with E-state index in [-0.39, 0.29) is 0 Å². The minimum Gasteiger partial charge on any atom is -0.505 e. The third kappa shape index (κ3) is 2.70. The minimum absolute atomic E-state index is 0.448. The van der Waals surface area contributed by atoms with Gasteiger partial charge in [-0.3, -0.25) is 0 Å². The molecule has 0 fully saturated rings. The van der Waals surface area contributed by atoms with Crippen molar-refractivity contribution < 1.29 is 22.7 Å². The number of aryl methyl sites for hydroxylation is 1. The molecule has 0 aliphatic carbocycles. The second kappa shape index (κ2) is 4.57. The van der Waals surface area contributed by atoms with E-state index in [0.717, 1.165) is 18.2 Å². The molecule has 0 saturated carbocycles. The van der Waals surface area contributed by atoms with Gasteiger partial charge in [-0.1, -0.05) is 12.1 Å². The Bertz CT molecular complexity index is 600. The predicted octanol–water partition coefficient (Wildman–Crippen LogP) is 4.53. The summed E-state index contributed by atoms with van der Waals surface area (Å²) in [6.07, 6.45) is -4.40. The normalized spacial score (nSPS) is 11.6. The number of halogens is 4. The number of aromatic hydroxyl groups is 1. The lowest BCUT2D eigenvalue weighted by Crippen LogP contribution is -2.04. The largest absolute Gasteiger partial charge is 0.505 e. The van der Waals surface area contributed by atoms with Crippen LogP contribution in [-0.4, -0.2) is 5.11 Å². The lowest BCUT2D eigenvalue weighted by Gasteiger charge is -2.10. The SMILES string of the molecule is Cc1cc(O)c(F)cc1-c1ccc(C(F)(F)F)cc1. The zero-order valence-corrected chi connectivity index (χ0v) is 9.92. The summed E-state index contributed by atoms with van der Waals surface area (Å²) in [5, 5.41) is 9.20. The van der Waals surface area contributed by atoms with Gasteiger partial charge >= 0.3 is 6.18 Å². The van der Waals surface area contributed by atoms with E-state index in [1.165, 1.54) is 18.2 Å². The Labute approximate surface area is 107 Å². The van der Waals surface area contributed by atoms with Crippen LogP contribution >= 0.6 is 0 Å². The summed E-state index contributed by atoms with van der Waals surface area (Å²) in [6.45, 7) is 1.65. The summed E-state index contributed by atoms with van der Waals surface area (Å²) in [5.74, 6) is -1.28. The van der Waals surface area contributed by atoms with Gasteiger partial charge in [-0.15, -0.1) is 0 Å². The van der Waals surface area contributed by atoms with Crippen molar-refractivity contribution in [1.82, 2.24) is 0 Å². The van der Waals surface area contributed by atoms with Gasteiger partial charge in [-0.25, -0.2) is 4.39 Å². The molecule has 100 valence electrons. The van der Waals surface area contributed by atoms with E-state index in [2.05, 4.69) is 0 Å². The number of hydrogen-bond donors (Lipinski definition) is 1. The van der Waals surface area contributed by atoms with Crippen LogP contribution in [0.1, 0.15) is 11.1 Å². The number of benzene rings is 2. The van der Waals surface area contributed by atoms with Crippen LogP contribution in [0, 0.1) is 12.7 Å². The predicted molar refractivity (Wildman–Crippen MR) is 63.2 cm³/mol. The maximum Gasteiger partial charge on any atom is 0.416 e. The van der Waals surface area contributed by atoms with Crippen LogP contribution in [-0.2, 0) is 6.18 Å². The number of hydrogen-bond acceptors (Lipinski definition) is 1. The zero-order chi connectivity index (χ0) is 14.2. The fourth-order valence-corrected chi connectivity index (χ4v) is 1.82. The summed E-state index contributed by atoms with van der Waals surface area (Å²) < 4.78 is 50.6. The van der Waals surface area contributed by atoms with E-state index < -0.39 is 23.3 Å². The highest BCUT2D eigenvalue weighted by atomic mass is 19.4. The molecule has 0 saturated heterocycles. The van der Waals surface area contributed by atoms with Crippen LogP contribution in [0.2, 0.25) is 0 Å². The van der Waals surface area contributed by atoms with Crippen LogP contribution in [0.25, 0.3) is 11.1 Å². The van der Waals surface area contributed by atoms with Crippen LogP contribution in [0.3, 0.4) is 0 Å². The van der Waals surface area contributed by atoms with Gasteiger partial charge in [0.15, 0.2) is 11.6 Å². The van der Waals surface area contributed by atoms with Crippen LogP contribution in [0.4, 0.5) is 17.6 Å². The minimum atomic E-state index is -4.40. The Kier molecular flexibility index (Phi) is 3.22. The van der Waals surface area contributed by atoms with Gasteiger partial charge in [-0.2, -0.15) is 13.2 Å². The Morgan fingerprint density at radius 1 is 1.00 bits per heavy atom. The van der Waals surface area contributed by atoms with Crippen molar-refractivity contribution in [3.8, 4) is 16.9 Å². The van der Waals surface area contributed by atoms with Gasteiger partial charge in [0.05, 0.1) is 5.56 Å². The molecule has 0 atom stereocenters. The highest BCUT2D eigenvalue weighted by Crippen LogP contribution is 2.33. The van der Waals surface area contributed by atoms with E-state index in [9.17, 15) is 22.7 Å². The lowest BCUT2D eigenvalue weighted by atomic mass is 9.99. The number of phenols is 1. The second-order valence-corrected chi connectivity index (χ2v) is 4.19. The van der Waals surface area contributed by atoms with Crippen molar-refractivity contribution in [2.45, 2.75) is 13.1 Å². The fraction of sp³-hybridized carbons (Fsp3) is 0.143. The molecule has 2 aromatic carbocycles. The molecule has 2 aromatic rings. The van der Waals surface area contributed by atoms with Gasteiger partial charge in [0.25, 0.3) is 0 Å². The van der Waals surface area contributed by atoms with E-state index >= 15 is 0 Å². The molecule has 0 heterocycles. The Hall–Kier alpha value is -2.04. The topological polar surface area (TPSA) is 20.2 Å². The van der Waals surface area contributed by atoms with Gasteiger partial charge in [-0.05, 0) is 47.9 Å². The summed E-state index contributed by atoms with van der Waals surface area (Å²) >= 11 is 0. The summed E-state index contributed by atoms with van der Waals surface area (Å²) in [7, 11) is 0. The van der Waals surface area contributed by atoms with E-state index in [4.69, 9.17) is 0 Å². The monoisotopic (exact) mass is 270 g/mol. The highest BCUT2D eigenvalue weighted by molar-refractivity contribution is 5.68. The first kappa shape index (κ1) is 13.4. The second-order valence-electron chi connectivity index (χ2n) is 4.19. The highest BCUT2D eigenvalue weighted by Gasteiger charge is 2.30. The fourth-order valence-electron chi connectivity index (χ4n) is 1.82. The molecule has 0 spiro atoms. The first-order valence-corrected chi connectivity index (χ1v) is 5.46. The molecular weight excluding hydrogens is 260 g/mol. The Balaban J connectivity index is 2.46. The van der Waals surface area contributed by atoms with Crippen molar-refractivity contribution in [2.24, 2.45) is 0 Å². The number of rotatable bonds is 1. The molecule has 0 aliphatic heterocycles. The van der Waals surface area contributed by atoms with Crippen LogP contribution in [0.15, 0.2) is 36.4 Å².